The van der Waals surface area contributed by atoms with E-state index in [1.165, 1.54) is 22.2 Å². The summed E-state index contributed by atoms with van der Waals surface area (Å²) in [4.78, 5) is 16.1. The van der Waals surface area contributed by atoms with Gasteiger partial charge >= 0.3 is 0 Å². The standard InChI is InChI=1S/C37H32N4O2S3/c1-43-32-18-9-8-17-31(32)40-37(44)39-27-15-10-16-28(22-27)45-34(25-13-6-3-7-14-25)35(42)41-36-30(23-38)29-20-19-26(21-33(29)46-36)24-11-4-2-5-12-24/h2-18,22,26,34H,19-21H2,1H3,(H,41,42)(H2,39,40,44). The van der Waals surface area contributed by atoms with Crippen molar-refractivity contribution >= 4 is 62.7 Å². The number of methoxy groups -OCH3 is 1. The Labute approximate surface area is 282 Å². The van der Waals surface area contributed by atoms with Crippen molar-refractivity contribution in [2.75, 3.05) is 23.1 Å². The lowest BCUT2D eigenvalue weighted by molar-refractivity contribution is -0.115. The van der Waals surface area contributed by atoms with Gasteiger partial charge < -0.3 is 20.7 Å². The first-order valence-electron chi connectivity index (χ1n) is 15.0. The number of hydrogen-bond acceptors (Lipinski definition) is 6. The summed E-state index contributed by atoms with van der Waals surface area (Å²) in [5.41, 5.74) is 5.42. The van der Waals surface area contributed by atoms with Crippen molar-refractivity contribution < 1.29 is 9.53 Å². The third kappa shape index (κ3) is 7.26. The van der Waals surface area contributed by atoms with Crippen LogP contribution in [0.5, 0.6) is 5.75 Å². The molecule has 2 unspecified atom stereocenters. The van der Waals surface area contributed by atoms with E-state index in [1.54, 1.807) is 18.4 Å². The van der Waals surface area contributed by atoms with Gasteiger partial charge in [-0.05, 0) is 84.4 Å². The number of carbonyl (C=O) groups excluding carboxylic acids is 1. The number of thiophene rings is 1. The minimum Gasteiger partial charge on any atom is -0.495 e. The van der Waals surface area contributed by atoms with Gasteiger partial charge in [-0.1, -0.05) is 78.9 Å². The van der Waals surface area contributed by atoms with Gasteiger partial charge in [-0.25, -0.2) is 0 Å². The maximum Gasteiger partial charge on any atom is 0.243 e. The second kappa shape index (κ2) is 14.6. The molecule has 9 heteroatoms. The average Bonchev–Trinajstić information content (AvgIpc) is 3.44. The number of amides is 1. The van der Waals surface area contributed by atoms with Gasteiger partial charge in [-0.2, -0.15) is 5.26 Å². The zero-order valence-electron chi connectivity index (χ0n) is 25.2. The molecule has 1 amide bonds. The number of para-hydroxylation sites is 2. The zero-order valence-corrected chi connectivity index (χ0v) is 27.6. The molecule has 230 valence electrons. The summed E-state index contributed by atoms with van der Waals surface area (Å²) in [6.45, 7) is 0. The van der Waals surface area contributed by atoms with Gasteiger partial charge in [0.2, 0.25) is 5.91 Å². The average molecular weight is 661 g/mol. The quantitative estimate of drug-likeness (QED) is 0.107. The molecule has 1 aliphatic carbocycles. The second-order valence-corrected chi connectivity index (χ2v) is 13.6. The van der Waals surface area contributed by atoms with Crippen LogP contribution in [0.3, 0.4) is 0 Å². The normalized spacial score (nSPS) is 14.3. The lowest BCUT2D eigenvalue weighted by Gasteiger charge is -2.22. The van der Waals surface area contributed by atoms with Crippen LogP contribution in [0.15, 0.2) is 114 Å². The molecule has 0 radical (unpaired) electrons. The number of anilines is 3. The molecular formula is C37H32N4O2S3. The summed E-state index contributed by atoms with van der Waals surface area (Å²) in [5, 5.41) is 20.2. The molecular weight excluding hydrogens is 629 g/mol. The number of benzene rings is 4. The molecule has 46 heavy (non-hydrogen) atoms. The van der Waals surface area contributed by atoms with Crippen molar-refractivity contribution in [3.63, 3.8) is 0 Å². The Hall–Kier alpha value is -4.62. The molecule has 4 aromatic carbocycles. The van der Waals surface area contributed by atoms with Crippen LogP contribution >= 0.6 is 35.3 Å². The highest BCUT2D eigenvalue weighted by Gasteiger charge is 2.29. The van der Waals surface area contributed by atoms with Gasteiger partial charge in [-0.3, -0.25) is 4.79 Å². The molecule has 1 aliphatic rings. The molecule has 1 heterocycles. The molecule has 0 spiro atoms. The van der Waals surface area contributed by atoms with E-state index in [0.717, 1.165) is 46.7 Å². The van der Waals surface area contributed by atoms with Crippen LogP contribution in [0.2, 0.25) is 0 Å². The molecule has 1 aromatic heterocycles. The number of nitriles is 1. The van der Waals surface area contributed by atoms with Gasteiger partial charge in [0, 0.05) is 15.5 Å². The predicted octanol–water partition coefficient (Wildman–Crippen LogP) is 9.18. The Morgan fingerprint density at radius 1 is 0.957 bits per heavy atom. The number of rotatable bonds is 9. The van der Waals surface area contributed by atoms with Crippen LogP contribution < -0.4 is 20.7 Å². The van der Waals surface area contributed by atoms with E-state index in [4.69, 9.17) is 17.0 Å². The third-order valence-electron chi connectivity index (χ3n) is 7.93. The first-order chi connectivity index (χ1) is 22.5. The summed E-state index contributed by atoms with van der Waals surface area (Å²) in [6.07, 6.45) is 2.69. The number of carbonyl (C=O) groups is 1. The summed E-state index contributed by atoms with van der Waals surface area (Å²) in [5.74, 6) is 0.932. The molecule has 2 atom stereocenters. The fourth-order valence-corrected chi connectivity index (χ4v) is 8.29. The van der Waals surface area contributed by atoms with Crippen molar-refractivity contribution in [3.05, 3.63) is 136 Å². The topological polar surface area (TPSA) is 86.2 Å². The highest BCUT2D eigenvalue weighted by molar-refractivity contribution is 8.00. The zero-order chi connectivity index (χ0) is 31.9. The fourth-order valence-electron chi connectivity index (χ4n) is 5.70. The molecule has 0 bridgehead atoms. The first kappa shape index (κ1) is 31.4. The number of thioether (sulfide) groups is 1. The van der Waals surface area contributed by atoms with Crippen LogP contribution in [0.4, 0.5) is 16.4 Å². The molecule has 0 saturated heterocycles. The number of nitrogens with zero attached hydrogens (tertiary/aromatic N) is 1. The Morgan fingerprint density at radius 3 is 2.46 bits per heavy atom. The van der Waals surface area contributed by atoms with Gasteiger partial charge in [0.25, 0.3) is 0 Å². The van der Waals surface area contributed by atoms with Crippen molar-refractivity contribution in [1.82, 2.24) is 0 Å². The lowest BCUT2D eigenvalue weighted by atomic mass is 9.83. The van der Waals surface area contributed by atoms with Crippen molar-refractivity contribution in [2.24, 2.45) is 0 Å². The Morgan fingerprint density at radius 2 is 1.70 bits per heavy atom. The van der Waals surface area contributed by atoms with Crippen molar-refractivity contribution in [2.45, 2.75) is 35.3 Å². The van der Waals surface area contributed by atoms with Gasteiger partial charge in [-0.15, -0.1) is 23.1 Å². The van der Waals surface area contributed by atoms with Crippen LogP contribution in [0.25, 0.3) is 0 Å². The fraction of sp³-hybridized carbons (Fsp3) is 0.162. The van der Waals surface area contributed by atoms with Crippen LogP contribution in [-0.2, 0) is 17.6 Å². The Bertz CT molecular complexity index is 1890. The van der Waals surface area contributed by atoms with Gasteiger partial charge in [0.05, 0.1) is 18.4 Å². The third-order valence-corrected chi connectivity index (χ3v) is 10.5. The molecule has 5 aromatic rings. The molecule has 0 saturated carbocycles. The predicted molar refractivity (Wildman–Crippen MR) is 193 cm³/mol. The van der Waals surface area contributed by atoms with E-state index in [9.17, 15) is 10.1 Å². The maximum atomic E-state index is 14.0. The summed E-state index contributed by atoms with van der Waals surface area (Å²) >= 11 is 8.56. The number of fused-ring (bicyclic) bond motifs is 1. The van der Waals surface area contributed by atoms with Crippen LogP contribution in [0.1, 0.15) is 44.7 Å². The number of ether oxygens (including phenoxy) is 1. The Balaban J connectivity index is 1.20. The lowest BCUT2D eigenvalue weighted by Crippen LogP contribution is -2.20. The number of hydrogen-bond donors (Lipinski definition) is 3. The minimum atomic E-state index is -0.544. The van der Waals surface area contributed by atoms with Crippen LogP contribution in [0, 0.1) is 11.3 Å². The number of thiocarbonyl (C=S) groups is 1. The molecule has 6 rings (SSSR count). The Kier molecular flexibility index (Phi) is 9.99. The van der Waals surface area contributed by atoms with Gasteiger partial charge in [0.15, 0.2) is 5.11 Å². The van der Waals surface area contributed by atoms with E-state index >= 15 is 0 Å². The van der Waals surface area contributed by atoms with E-state index in [2.05, 4.69) is 46.3 Å². The highest BCUT2D eigenvalue weighted by Crippen LogP contribution is 2.43. The van der Waals surface area contributed by atoms with Crippen molar-refractivity contribution in [3.8, 4) is 11.8 Å². The van der Waals surface area contributed by atoms with Gasteiger partial charge in [0.1, 0.15) is 22.1 Å². The maximum absolute atomic E-state index is 14.0. The van der Waals surface area contributed by atoms with E-state index < -0.39 is 5.25 Å². The monoisotopic (exact) mass is 660 g/mol. The SMILES string of the molecule is COc1ccccc1NC(=S)Nc1cccc(SC(C(=O)Nc2sc3c(c2C#N)CCC(c2ccccc2)C3)c2ccccc2)c1. The summed E-state index contributed by atoms with van der Waals surface area (Å²) in [6, 6.07) is 38.0. The molecule has 0 aliphatic heterocycles. The molecule has 3 N–H and O–H groups in total. The molecule has 6 nitrogen and oxygen atoms in total. The number of nitrogens with one attached hydrogen (secondary N) is 3. The first-order valence-corrected chi connectivity index (χ1v) is 17.1. The highest BCUT2D eigenvalue weighted by atomic mass is 32.2. The van der Waals surface area contributed by atoms with E-state index in [-0.39, 0.29) is 5.91 Å². The van der Waals surface area contributed by atoms with Crippen LogP contribution in [-0.4, -0.2) is 18.1 Å². The van der Waals surface area contributed by atoms with E-state index in [1.807, 2.05) is 84.9 Å². The minimum absolute atomic E-state index is 0.169. The van der Waals surface area contributed by atoms with Crippen molar-refractivity contribution in [1.29, 1.82) is 5.26 Å². The smallest absolute Gasteiger partial charge is 0.243 e. The van der Waals surface area contributed by atoms with E-state index in [0.29, 0.717) is 27.3 Å². The second-order valence-electron chi connectivity index (χ2n) is 10.9. The molecule has 0 fully saturated rings. The summed E-state index contributed by atoms with van der Waals surface area (Å²) in [7, 11) is 1.62. The largest absolute Gasteiger partial charge is 0.495 e. The summed E-state index contributed by atoms with van der Waals surface area (Å²) < 4.78 is 5.42.